The van der Waals surface area contributed by atoms with E-state index in [2.05, 4.69) is 25.8 Å². The van der Waals surface area contributed by atoms with Crippen LogP contribution in [-0.4, -0.2) is 46.0 Å². The lowest BCUT2D eigenvalue weighted by atomic mass is 10.2. The summed E-state index contributed by atoms with van der Waals surface area (Å²) in [6, 6.07) is 14.6. The van der Waals surface area contributed by atoms with Crippen LogP contribution in [0.3, 0.4) is 0 Å². The number of nitro benzene ring substituents is 1. The summed E-state index contributed by atoms with van der Waals surface area (Å²) in [4.78, 5) is 24.2. The summed E-state index contributed by atoms with van der Waals surface area (Å²) in [7, 11) is 0. The zero-order valence-corrected chi connectivity index (χ0v) is 14.3. The highest BCUT2D eigenvalue weighted by Gasteiger charge is 2.19. The molecule has 2 aromatic heterocycles. The molecule has 1 aromatic carbocycles. The molecule has 1 saturated heterocycles. The average Bonchev–Trinajstić information content (AvgIpc) is 2.68. The molecule has 0 atom stereocenters. The summed E-state index contributed by atoms with van der Waals surface area (Å²) in [5.74, 6) is 0.920. The number of hydrogen-bond donors (Lipinski definition) is 0. The molecule has 132 valence electrons. The number of rotatable bonds is 4. The zero-order chi connectivity index (χ0) is 17.9. The van der Waals surface area contributed by atoms with Crippen LogP contribution < -0.4 is 4.90 Å². The fourth-order valence-electron chi connectivity index (χ4n) is 3.25. The Morgan fingerprint density at radius 3 is 2.62 bits per heavy atom. The summed E-state index contributed by atoms with van der Waals surface area (Å²) >= 11 is 0. The van der Waals surface area contributed by atoms with E-state index in [0.29, 0.717) is 0 Å². The molecule has 0 radical (unpaired) electrons. The number of fused-ring (bicyclic) bond motifs is 1. The zero-order valence-electron chi connectivity index (χ0n) is 14.3. The summed E-state index contributed by atoms with van der Waals surface area (Å²) in [6.45, 7) is 4.58. The van der Waals surface area contributed by atoms with Gasteiger partial charge in [0.25, 0.3) is 5.69 Å². The van der Waals surface area contributed by atoms with Crippen molar-refractivity contribution < 1.29 is 4.92 Å². The third-order valence-corrected chi connectivity index (χ3v) is 4.68. The molecule has 0 aliphatic carbocycles. The fourth-order valence-corrected chi connectivity index (χ4v) is 3.25. The van der Waals surface area contributed by atoms with E-state index in [0.717, 1.165) is 55.1 Å². The standard InChI is InChI=1S/C19H19N5O2/c25-24(26)17-5-6-18-15(13-17)4-7-19(21-18)23-11-9-22(10-12-23)14-16-3-1-2-8-20-16/h1-8,13H,9-12,14H2. The number of nitrogens with zero attached hydrogens (tertiary/aromatic N) is 5. The van der Waals surface area contributed by atoms with Crippen molar-refractivity contribution in [3.63, 3.8) is 0 Å². The molecule has 4 rings (SSSR count). The number of benzene rings is 1. The quantitative estimate of drug-likeness (QED) is 0.532. The third-order valence-electron chi connectivity index (χ3n) is 4.68. The van der Waals surface area contributed by atoms with Crippen LogP contribution >= 0.6 is 0 Å². The number of pyridine rings is 2. The molecular weight excluding hydrogens is 330 g/mol. The van der Waals surface area contributed by atoms with Gasteiger partial charge in [0.2, 0.25) is 0 Å². The van der Waals surface area contributed by atoms with Gasteiger partial charge in [-0.25, -0.2) is 4.98 Å². The van der Waals surface area contributed by atoms with Gasteiger partial charge >= 0.3 is 0 Å². The normalized spacial score (nSPS) is 15.3. The summed E-state index contributed by atoms with van der Waals surface area (Å²) in [6.07, 6.45) is 1.83. The van der Waals surface area contributed by atoms with Crippen molar-refractivity contribution in [1.82, 2.24) is 14.9 Å². The van der Waals surface area contributed by atoms with Crippen molar-refractivity contribution in [3.05, 3.63) is 70.5 Å². The van der Waals surface area contributed by atoms with Gasteiger partial charge in [0, 0.05) is 56.4 Å². The second-order valence-corrected chi connectivity index (χ2v) is 6.39. The van der Waals surface area contributed by atoms with Gasteiger partial charge < -0.3 is 4.90 Å². The molecule has 26 heavy (non-hydrogen) atoms. The van der Waals surface area contributed by atoms with Crippen molar-refractivity contribution in [2.45, 2.75) is 6.54 Å². The van der Waals surface area contributed by atoms with E-state index in [4.69, 9.17) is 0 Å². The first-order valence-corrected chi connectivity index (χ1v) is 8.61. The van der Waals surface area contributed by atoms with Crippen molar-refractivity contribution in [2.24, 2.45) is 0 Å². The summed E-state index contributed by atoms with van der Waals surface area (Å²) in [5.41, 5.74) is 1.96. The topological polar surface area (TPSA) is 75.4 Å². The van der Waals surface area contributed by atoms with Gasteiger partial charge in [0.15, 0.2) is 0 Å². The lowest BCUT2D eigenvalue weighted by Crippen LogP contribution is -2.46. The molecule has 1 aliphatic heterocycles. The molecule has 3 heterocycles. The molecule has 0 unspecified atom stereocenters. The van der Waals surface area contributed by atoms with Crippen molar-refractivity contribution in [1.29, 1.82) is 0 Å². The maximum atomic E-state index is 10.9. The summed E-state index contributed by atoms with van der Waals surface area (Å²) in [5, 5.41) is 11.7. The van der Waals surface area contributed by atoms with Gasteiger partial charge in [-0.05, 0) is 30.3 Å². The first-order valence-electron chi connectivity index (χ1n) is 8.61. The Bertz CT molecular complexity index is 924. The summed E-state index contributed by atoms with van der Waals surface area (Å²) < 4.78 is 0. The maximum absolute atomic E-state index is 10.9. The predicted octanol–water partition coefficient (Wildman–Crippen LogP) is 2.86. The van der Waals surface area contributed by atoms with Crippen LogP contribution in [-0.2, 0) is 6.54 Å². The smallest absolute Gasteiger partial charge is 0.270 e. The van der Waals surface area contributed by atoms with E-state index in [9.17, 15) is 10.1 Å². The SMILES string of the molecule is O=[N+]([O-])c1ccc2nc(N3CCN(Cc4ccccn4)CC3)ccc2c1. The van der Waals surface area contributed by atoms with Crippen LogP contribution in [0.15, 0.2) is 54.7 Å². The van der Waals surface area contributed by atoms with E-state index < -0.39 is 0 Å². The van der Waals surface area contributed by atoms with Crippen LogP contribution in [0, 0.1) is 10.1 Å². The molecule has 0 amide bonds. The van der Waals surface area contributed by atoms with Gasteiger partial charge in [-0.15, -0.1) is 0 Å². The highest BCUT2D eigenvalue weighted by molar-refractivity contribution is 5.82. The highest BCUT2D eigenvalue weighted by atomic mass is 16.6. The van der Waals surface area contributed by atoms with Crippen molar-refractivity contribution >= 4 is 22.4 Å². The van der Waals surface area contributed by atoms with Gasteiger partial charge in [-0.3, -0.25) is 20.0 Å². The molecule has 0 N–H and O–H groups in total. The number of piperazine rings is 1. The van der Waals surface area contributed by atoms with Crippen molar-refractivity contribution in [3.8, 4) is 0 Å². The van der Waals surface area contributed by atoms with E-state index in [-0.39, 0.29) is 10.6 Å². The first-order chi connectivity index (χ1) is 12.7. The second kappa shape index (κ2) is 7.05. The van der Waals surface area contributed by atoms with E-state index >= 15 is 0 Å². The molecule has 1 fully saturated rings. The number of hydrogen-bond acceptors (Lipinski definition) is 6. The Morgan fingerprint density at radius 1 is 1.04 bits per heavy atom. The van der Waals surface area contributed by atoms with Crippen molar-refractivity contribution in [2.75, 3.05) is 31.1 Å². The van der Waals surface area contributed by atoms with Crippen LogP contribution in [0.25, 0.3) is 10.9 Å². The maximum Gasteiger partial charge on any atom is 0.270 e. The number of nitro groups is 1. The Balaban J connectivity index is 1.44. The van der Waals surface area contributed by atoms with Crippen LogP contribution in [0.1, 0.15) is 5.69 Å². The van der Waals surface area contributed by atoms with Gasteiger partial charge in [0.05, 0.1) is 16.1 Å². The highest BCUT2D eigenvalue weighted by Crippen LogP contribution is 2.23. The molecular formula is C19H19N5O2. The number of aromatic nitrogens is 2. The first kappa shape index (κ1) is 16.4. The monoisotopic (exact) mass is 349 g/mol. The van der Waals surface area contributed by atoms with E-state index in [1.807, 2.05) is 30.5 Å². The minimum atomic E-state index is -0.381. The number of anilines is 1. The Morgan fingerprint density at radius 2 is 1.88 bits per heavy atom. The van der Waals surface area contributed by atoms with Crippen LogP contribution in [0.5, 0.6) is 0 Å². The molecule has 7 heteroatoms. The lowest BCUT2D eigenvalue weighted by Gasteiger charge is -2.35. The predicted molar refractivity (Wildman–Crippen MR) is 100 cm³/mol. The molecule has 3 aromatic rings. The Labute approximate surface area is 151 Å². The molecule has 0 bridgehead atoms. The largest absolute Gasteiger partial charge is 0.354 e. The molecule has 1 aliphatic rings. The van der Waals surface area contributed by atoms with E-state index in [1.165, 1.54) is 6.07 Å². The van der Waals surface area contributed by atoms with Gasteiger partial charge in [0.1, 0.15) is 5.82 Å². The van der Waals surface area contributed by atoms with Crippen LogP contribution in [0.4, 0.5) is 11.5 Å². The number of non-ortho nitro benzene ring substituents is 1. The minimum Gasteiger partial charge on any atom is -0.354 e. The molecule has 7 nitrogen and oxygen atoms in total. The average molecular weight is 349 g/mol. The second-order valence-electron chi connectivity index (χ2n) is 6.39. The fraction of sp³-hybridized carbons (Fsp3) is 0.263. The third kappa shape index (κ3) is 3.48. The minimum absolute atomic E-state index is 0.0928. The van der Waals surface area contributed by atoms with Gasteiger partial charge in [-0.1, -0.05) is 6.07 Å². The molecule has 0 spiro atoms. The van der Waals surface area contributed by atoms with Gasteiger partial charge in [-0.2, -0.15) is 0 Å². The van der Waals surface area contributed by atoms with E-state index in [1.54, 1.807) is 12.1 Å². The Kier molecular flexibility index (Phi) is 4.45. The lowest BCUT2D eigenvalue weighted by molar-refractivity contribution is -0.384. The Hall–Kier alpha value is -3.06. The molecule has 0 saturated carbocycles. The van der Waals surface area contributed by atoms with Crippen LogP contribution in [0.2, 0.25) is 0 Å².